The molecule has 0 saturated carbocycles. The van der Waals surface area contributed by atoms with Crippen molar-refractivity contribution in [3.8, 4) is 5.88 Å². The monoisotopic (exact) mass is 296 g/mol. The van der Waals surface area contributed by atoms with E-state index >= 15 is 0 Å². The average Bonchev–Trinajstić information content (AvgIpc) is 2.47. The van der Waals surface area contributed by atoms with Crippen LogP contribution in [0, 0.1) is 0 Å². The van der Waals surface area contributed by atoms with Crippen molar-refractivity contribution >= 4 is 17.6 Å². The first kappa shape index (κ1) is 15.4. The van der Waals surface area contributed by atoms with Crippen LogP contribution in [-0.4, -0.2) is 46.7 Å². The number of ether oxygens (including phenoxy) is 1. The van der Waals surface area contributed by atoms with Crippen molar-refractivity contribution in [2.24, 2.45) is 5.73 Å². The summed E-state index contributed by atoms with van der Waals surface area (Å²) in [5, 5.41) is 0. The molecule has 1 aliphatic heterocycles. The first-order chi connectivity index (χ1) is 9.58. The molecular formula is C14H24N4OS. The van der Waals surface area contributed by atoms with Crippen molar-refractivity contribution in [1.82, 2.24) is 9.97 Å². The minimum Gasteiger partial charge on any atom is -0.475 e. The third kappa shape index (κ3) is 3.55. The maximum atomic E-state index is 5.93. The van der Waals surface area contributed by atoms with E-state index < -0.39 is 0 Å². The number of hydrogen-bond donors (Lipinski definition) is 1. The van der Waals surface area contributed by atoms with E-state index in [1.54, 1.807) is 6.33 Å². The summed E-state index contributed by atoms with van der Waals surface area (Å²) >= 11 is 1.89. The molecule has 0 amide bonds. The van der Waals surface area contributed by atoms with E-state index in [2.05, 4.69) is 21.1 Å². The van der Waals surface area contributed by atoms with Gasteiger partial charge in [0.15, 0.2) is 0 Å². The van der Waals surface area contributed by atoms with Crippen LogP contribution in [0.4, 0.5) is 5.82 Å². The quantitative estimate of drug-likeness (QED) is 0.895. The lowest BCUT2D eigenvalue weighted by Crippen LogP contribution is -2.46. The van der Waals surface area contributed by atoms with Crippen molar-refractivity contribution in [2.75, 3.05) is 30.8 Å². The zero-order valence-electron chi connectivity index (χ0n) is 12.5. The molecule has 0 aromatic carbocycles. The first-order valence-corrected chi connectivity index (χ1v) is 8.30. The third-order valence-electron chi connectivity index (χ3n) is 3.79. The van der Waals surface area contributed by atoms with E-state index in [9.17, 15) is 0 Å². The summed E-state index contributed by atoms with van der Waals surface area (Å²) in [6, 6.07) is 1.93. The number of hydrogen-bond acceptors (Lipinski definition) is 6. The molecule has 0 bridgehead atoms. The zero-order valence-corrected chi connectivity index (χ0v) is 13.3. The Morgan fingerprint density at radius 3 is 2.65 bits per heavy atom. The molecule has 2 rings (SSSR count). The molecule has 1 fully saturated rings. The average molecular weight is 296 g/mol. The highest BCUT2D eigenvalue weighted by Gasteiger charge is 2.33. The molecule has 0 spiro atoms. The van der Waals surface area contributed by atoms with E-state index in [1.165, 1.54) is 0 Å². The van der Waals surface area contributed by atoms with Crippen LogP contribution in [0.3, 0.4) is 0 Å². The minimum atomic E-state index is 0.125. The smallest absolute Gasteiger partial charge is 0.218 e. The fraction of sp³-hybridized carbons (Fsp3) is 0.714. The van der Waals surface area contributed by atoms with Crippen molar-refractivity contribution < 1.29 is 4.74 Å². The van der Waals surface area contributed by atoms with Gasteiger partial charge in [-0.2, -0.15) is 11.8 Å². The van der Waals surface area contributed by atoms with Gasteiger partial charge in [0.05, 0.1) is 6.10 Å². The van der Waals surface area contributed by atoms with Crippen LogP contribution in [0.5, 0.6) is 5.88 Å². The van der Waals surface area contributed by atoms with Gasteiger partial charge >= 0.3 is 0 Å². The fourth-order valence-electron chi connectivity index (χ4n) is 2.44. The second-order valence-corrected chi connectivity index (χ2v) is 6.73. The molecule has 0 aliphatic carbocycles. The number of piperidine rings is 1. The number of nitrogens with zero attached hydrogens (tertiary/aromatic N) is 3. The summed E-state index contributed by atoms with van der Waals surface area (Å²) in [6.45, 7) is 6.70. The molecule has 5 nitrogen and oxygen atoms in total. The molecular weight excluding hydrogens is 272 g/mol. The SMILES string of the molecule is CSC1(CN)CCN(c2cc(OC(C)C)ncn2)CC1. The zero-order chi connectivity index (χ0) is 14.6. The van der Waals surface area contributed by atoms with Crippen LogP contribution in [0.25, 0.3) is 0 Å². The van der Waals surface area contributed by atoms with Crippen LogP contribution in [0.2, 0.25) is 0 Å². The second-order valence-electron chi connectivity index (χ2n) is 5.46. The first-order valence-electron chi connectivity index (χ1n) is 7.07. The molecule has 20 heavy (non-hydrogen) atoms. The predicted octanol–water partition coefficient (Wildman–Crippen LogP) is 1.92. The Hall–Kier alpha value is -1.01. The Bertz CT molecular complexity index is 427. The molecule has 6 heteroatoms. The van der Waals surface area contributed by atoms with Gasteiger partial charge in [-0.25, -0.2) is 9.97 Å². The molecule has 0 radical (unpaired) electrons. The highest BCUT2D eigenvalue weighted by Crippen LogP contribution is 2.34. The van der Waals surface area contributed by atoms with E-state index in [-0.39, 0.29) is 10.9 Å². The van der Waals surface area contributed by atoms with Crippen LogP contribution < -0.4 is 15.4 Å². The van der Waals surface area contributed by atoms with Crippen LogP contribution in [0.1, 0.15) is 26.7 Å². The van der Waals surface area contributed by atoms with Gasteiger partial charge in [-0.05, 0) is 32.9 Å². The van der Waals surface area contributed by atoms with Gasteiger partial charge in [-0.15, -0.1) is 0 Å². The van der Waals surface area contributed by atoms with E-state index in [4.69, 9.17) is 10.5 Å². The lowest BCUT2D eigenvalue weighted by atomic mass is 9.96. The van der Waals surface area contributed by atoms with Crippen molar-refractivity contribution in [3.05, 3.63) is 12.4 Å². The molecule has 0 atom stereocenters. The summed E-state index contributed by atoms with van der Waals surface area (Å²) in [7, 11) is 0. The van der Waals surface area contributed by atoms with Gasteiger partial charge in [0.2, 0.25) is 5.88 Å². The second kappa shape index (κ2) is 6.63. The van der Waals surface area contributed by atoms with E-state index in [0.29, 0.717) is 5.88 Å². The minimum absolute atomic E-state index is 0.125. The molecule has 2 heterocycles. The Labute approximate surface area is 125 Å². The summed E-state index contributed by atoms with van der Waals surface area (Å²) in [5.41, 5.74) is 5.93. The Morgan fingerprint density at radius 1 is 1.40 bits per heavy atom. The summed E-state index contributed by atoms with van der Waals surface area (Å²) < 4.78 is 5.86. The van der Waals surface area contributed by atoms with Crippen LogP contribution in [-0.2, 0) is 0 Å². The van der Waals surface area contributed by atoms with Gasteiger partial charge < -0.3 is 15.4 Å². The molecule has 1 aliphatic rings. The Kier molecular flexibility index (Phi) is 5.10. The Balaban J connectivity index is 2.03. The lowest BCUT2D eigenvalue weighted by molar-refractivity contribution is 0.232. The van der Waals surface area contributed by atoms with Crippen LogP contribution >= 0.6 is 11.8 Å². The summed E-state index contributed by atoms with van der Waals surface area (Å²) in [6.07, 6.45) is 6.04. The van der Waals surface area contributed by atoms with Gasteiger partial charge in [0, 0.05) is 30.4 Å². The molecule has 1 aromatic heterocycles. The fourth-order valence-corrected chi connectivity index (χ4v) is 3.20. The Morgan fingerprint density at radius 2 is 2.10 bits per heavy atom. The standard InChI is InChI=1S/C14H24N4OS/c1-11(2)19-13-8-12(16-10-17-13)18-6-4-14(9-15,20-3)5-7-18/h8,10-11H,4-7,9,15H2,1-3H3. The molecule has 2 N–H and O–H groups in total. The number of nitrogens with two attached hydrogens (primary N) is 1. The maximum Gasteiger partial charge on any atom is 0.218 e. The van der Waals surface area contributed by atoms with E-state index in [1.807, 2.05) is 31.7 Å². The topological polar surface area (TPSA) is 64.3 Å². The lowest BCUT2D eigenvalue weighted by Gasteiger charge is -2.40. The van der Waals surface area contributed by atoms with E-state index in [0.717, 1.165) is 38.3 Å². The summed E-state index contributed by atoms with van der Waals surface area (Å²) in [4.78, 5) is 10.8. The largest absolute Gasteiger partial charge is 0.475 e. The van der Waals surface area contributed by atoms with Gasteiger partial charge in [0.25, 0.3) is 0 Å². The molecule has 112 valence electrons. The van der Waals surface area contributed by atoms with Crippen molar-refractivity contribution in [2.45, 2.75) is 37.5 Å². The number of anilines is 1. The maximum absolute atomic E-state index is 5.93. The normalized spacial score (nSPS) is 18.4. The third-order valence-corrected chi connectivity index (χ3v) is 5.23. The number of aromatic nitrogens is 2. The highest BCUT2D eigenvalue weighted by atomic mass is 32.2. The van der Waals surface area contributed by atoms with Crippen molar-refractivity contribution in [3.63, 3.8) is 0 Å². The number of thioether (sulfide) groups is 1. The molecule has 0 unspecified atom stereocenters. The van der Waals surface area contributed by atoms with Gasteiger partial charge in [0.1, 0.15) is 12.1 Å². The highest BCUT2D eigenvalue weighted by molar-refractivity contribution is 8.00. The molecule has 1 saturated heterocycles. The summed E-state index contributed by atoms with van der Waals surface area (Å²) in [5.74, 6) is 1.59. The number of rotatable bonds is 5. The van der Waals surface area contributed by atoms with Crippen molar-refractivity contribution in [1.29, 1.82) is 0 Å². The van der Waals surface area contributed by atoms with Crippen LogP contribution in [0.15, 0.2) is 12.4 Å². The van der Waals surface area contributed by atoms with Gasteiger partial charge in [-0.1, -0.05) is 0 Å². The van der Waals surface area contributed by atoms with Gasteiger partial charge in [-0.3, -0.25) is 0 Å². The predicted molar refractivity (Wildman–Crippen MR) is 84.5 cm³/mol. The molecule has 1 aromatic rings.